The van der Waals surface area contributed by atoms with Gasteiger partial charge in [0.1, 0.15) is 6.61 Å². The normalized spacial score (nSPS) is 12.8. The van der Waals surface area contributed by atoms with Crippen LogP contribution in [-0.4, -0.2) is 36.4 Å². The zero-order valence-corrected chi connectivity index (χ0v) is 53.8. The predicted octanol–water partition coefficient (Wildman–Crippen LogP) is 24.6. The second kappa shape index (κ2) is 71.1. The Hall–Kier alpha value is -3.18. The summed E-state index contributed by atoms with van der Waals surface area (Å²) in [6.45, 7) is 4.07. The van der Waals surface area contributed by atoms with Gasteiger partial charge in [0.25, 0.3) is 0 Å². The van der Waals surface area contributed by atoms with Crippen LogP contribution in [0.4, 0.5) is 0 Å². The highest BCUT2D eigenvalue weighted by Gasteiger charge is 2.16. The highest BCUT2D eigenvalue weighted by molar-refractivity contribution is 5.70. The van der Waals surface area contributed by atoms with E-state index in [1.165, 1.54) is 238 Å². The van der Waals surface area contributed by atoms with E-state index in [0.717, 1.165) is 89.9 Å². The third-order valence-corrected chi connectivity index (χ3v) is 15.6. The molecule has 0 saturated carbocycles. The monoisotopic (exact) mass is 1130 g/mol. The van der Waals surface area contributed by atoms with Crippen LogP contribution < -0.4 is 0 Å². The van der Waals surface area contributed by atoms with Crippen molar-refractivity contribution < 1.29 is 24.2 Å². The summed E-state index contributed by atoms with van der Waals surface area (Å²) >= 11 is 0. The summed E-state index contributed by atoms with van der Waals surface area (Å²) in [4.78, 5) is 24.7. The van der Waals surface area contributed by atoms with Gasteiger partial charge in [-0.05, 0) is 77.0 Å². The number of ether oxygens (including phenoxy) is 2. The van der Waals surface area contributed by atoms with Gasteiger partial charge in [0, 0.05) is 12.8 Å². The summed E-state index contributed by atoms with van der Waals surface area (Å²) < 4.78 is 10.8. The summed E-state index contributed by atoms with van der Waals surface area (Å²) in [5, 5.41) is 9.71. The molecule has 0 aliphatic carbocycles. The highest BCUT2D eigenvalue weighted by Crippen LogP contribution is 2.18. The lowest BCUT2D eigenvalue weighted by atomic mass is 10.0. The Labute approximate surface area is 504 Å². The summed E-state index contributed by atoms with van der Waals surface area (Å²) in [7, 11) is 0. The molecule has 468 valence electrons. The number of allylic oxidation sites excluding steroid dienone is 16. The largest absolute Gasteiger partial charge is 0.462 e. The molecule has 0 aromatic heterocycles. The van der Waals surface area contributed by atoms with Crippen molar-refractivity contribution in [3.05, 3.63) is 97.2 Å². The molecular formula is C76H134O5. The molecule has 5 nitrogen and oxygen atoms in total. The lowest BCUT2D eigenvalue weighted by Gasteiger charge is -2.15. The molecule has 0 rings (SSSR count). The average Bonchev–Trinajstić information content (AvgIpc) is 3.47. The molecule has 0 heterocycles. The van der Waals surface area contributed by atoms with Gasteiger partial charge in [-0.1, -0.05) is 361 Å². The van der Waals surface area contributed by atoms with Crippen LogP contribution in [0.3, 0.4) is 0 Å². The summed E-state index contributed by atoms with van der Waals surface area (Å²) in [6, 6.07) is 0. The maximum Gasteiger partial charge on any atom is 0.306 e. The maximum absolute atomic E-state index is 12.4. The van der Waals surface area contributed by atoms with Crippen LogP contribution in [0.25, 0.3) is 0 Å². The molecule has 0 spiro atoms. The number of hydrogen-bond donors (Lipinski definition) is 1. The summed E-state index contributed by atoms with van der Waals surface area (Å²) in [6.07, 6.45) is 102. The first-order valence-electron chi connectivity index (χ1n) is 35.3. The molecule has 0 radical (unpaired) electrons. The van der Waals surface area contributed by atoms with Gasteiger partial charge in [0.15, 0.2) is 6.10 Å². The fourth-order valence-electron chi connectivity index (χ4n) is 10.4. The number of unbranched alkanes of at least 4 members (excludes halogenated alkanes) is 41. The smallest absolute Gasteiger partial charge is 0.306 e. The van der Waals surface area contributed by atoms with Gasteiger partial charge in [-0.15, -0.1) is 0 Å². The molecule has 0 saturated heterocycles. The number of rotatable bonds is 65. The van der Waals surface area contributed by atoms with E-state index >= 15 is 0 Å². The molecule has 0 aliphatic heterocycles. The highest BCUT2D eigenvalue weighted by atomic mass is 16.6. The summed E-state index contributed by atoms with van der Waals surface area (Å²) in [5.74, 6) is -0.579. The van der Waals surface area contributed by atoms with Crippen LogP contribution in [0.5, 0.6) is 0 Å². The first-order chi connectivity index (χ1) is 40.1. The fraction of sp³-hybridized carbons (Fsp3) is 0.763. The standard InChI is InChI=1S/C76H134O5/c1-3-5-7-9-11-13-15-17-19-21-23-25-27-29-31-33-35-36-37-38-39-40-41-43-45-47-49-51-53-55-57-59-61-63-65-67-69-71-76(79)81-74(72-77)73-80-75(78)70-68-66-64-62-60-58-56-54-52-50-48-46-44-42-34-32-30-28-26-24-22-20-18-16-14-12-10-8-6-4-2/h5,7,11,13,17,19,23,25,29,31,35-36,38-39,41,43,74,77H,3-4,6,8-10,12,14-16,18,20-22,24,26-28,30,32-34,37,40,42,44-73H2,1-2H3/b7-5-,13-11-,19-17-,25-23-,31-29-,36-35-,39-38-,43-41-. The number of esters is 2. The van der Waals surface area contributed by atoms with Gasteiger partial charge in [-0.2, -0.15) is 0 Å². The first-order valence-corrected chi connectivity index (χ1v) is 35.3. The molecule has 0 aliphatic rings. The van der Waals surface area contributed by atoms with Gasteiger partial charge >= 0.3 is 11.9 Å². The van der Waals surface area contributed by atoms with E-state index < -0.39 is 6.10 Å². The zero-order valence-electron chi connectivity index (χ0n) is 53.8. The van der Waals surface area contributed by atoms with Gasteiger partial charge in [0.2, 0.25) is 0 Å². The van der Waals surface area contributed by atoms with Crippen LogP contribution in [0, 0.1) is 0 Å². The molecule has 1 unspecified atom stereocenters. The van der Waals surface area contributed by atoms with Crippen molar-refractivity contribution in [3.63, 3.8) is 0 Å². The number of hydrogen-bond acceptors (Lipinski definition) is 5. The Morgan fingerprint density at radius 1 is 0.296 bits per heavy atom. The van der Waals surface area contributed by atoms with Crippen molar-refractivity contribution in [2.45, 2.75) is 360 Å². The van der Waals surface area contributed by atoms with E-state index in [9.17, 15) is 14.7 Å². The van der Waals surface area contributed by atoms with Crippen molar-refractivity contribution >= 4 is 11.9 Å². The van der Waals surface area contributed by atoms with Crippen LogP contribution in [-0.2, 0) is 19.1 Å². The molecule has 0 aromatic rings. The van der Waals surface area contributed by atoms with Gasteiger partial charge < -0.3 is 14.6 Å². The molecule has 81 heavy (non-hydrogen) atoms. The second-order valence-corrected chi connectivity index (χ2v) is 23.6. The molecule has 0 aromatic carbocycles. The summed E-state index contributed by atoms with van der Waals surface area (Å²) in [5.41, 5.74) is 0. The van der Waals surface area contributed by atoms with E-state index in [4.69, 9.17) is 9.47 Å². The fourth-order valence-corrected chi connectivity index (χ4v) is 10.4. The number of carbonyl (C=O) groups is 2. The number of aliphatic hydroxyl groups excluding tert-OH is 1. The zero-order chi connectivity index (χ0) is 58.4. The number of aliphatic hydroxyl groups is 1. The van der Waals surface area contributed by atoms with Crippen molar-refractivity contribution in [1.82, 2.24) is 0 Å². The quantitative estimate of drug-likeness (QED) is 0.0373. The lowest BCUT2D eigenvalue weighted by Crippen LogP contribution is -2.28. The predicted molar refractivity (Wildman–Crippen MR) is 357 cm³/mol. The van der Waals surface area contributed by atoms with Gasteiger partial charge in [0.05, 0.1) is 6.61 Å². The van der Waals surface area contributed by atoms with Crippen LogP contribution >= 0.6 is 0 Å². The Balaban J connectivity index is 3.47. The molecule has 5 heteroatoms. The molecule has 0 amide bonds. The SMILES string of the molecule is CC/C=C\C/C=C\C/C=C\C/C=C\C/C=C\C/C=C\C/C=C\C/C=C\CCCCCCCCCCCCCCC(=O)OC(CO)COC(=O)CCCCCCCCCCCCCCCCCCCCCCCCCCCCCCCC. The van der Waals surface area contributed by atoms with Crippen molar-refractivity contribution in [2.24, 2.45) is 0 Å². The van der Waals surface area contributed by atoms with Crippen molar-refractivity contribution in [1.29, 1.82) is 0 Å². The third-order valence-electron chi connectivity index (χ3n) is 15.6. The molecular weight excluding hydrogens is 993 g/mol. The van der Waals surface area contributed by atoms with E-state index in [1.54, 1.807) is 0 Å². The third kappa shape index (κ3) is 69.2. The van der Waals surface area contributed by atoms with Crippen molar-refractivity contribution in [3.8, 4) is 0 Å². The van der Waals surface area contributed by atoms with E-state index in [2.05, 4.69) is 111 Å². The van der Waals surface area contributed by atoms with Gasteiger partial charge in [-0.25, -0.2) is 0 Å². The molecule has 1 N–H and O–H groups in total. The average molecular weight is 1130 g/mol. The number of carbonyl (C=O) groups excluding carboxylic acids is 2. The van der Waals surface area contributed by atoms with E-state index in [-0.39, 0.29) is 25.2 Å². The van der Waals surface area contributed by atoms with E-state index in [1.807, 2.05) is 0 Å². The minimum atomic E-state index is -0.777. The van der Waals surface area contributed by atoms with Crippen LogP contribution in [0.1, 0.15) is 354 Å². The van der Waals surface area contributed by atoms with Gasteiger partial charge in [-0.3, -0.25) is 9.59 Å². The minimum absolute atomic E-state index is 0.0657. The maximum atomic E-state index is 12.4. The van der Waals surface area contributed by atoms with Crippen molar-refractivity contribution in [2.75, 3.05) is 13.2 Å². The Kier molecular flexibility index (Phi) is 68.3. The molecule has 0 bridgehead atoms. The van der Waals surface area contributed by atoms with Crippen LogP contribution in [0.15, 0.2) is 97.2 Å². The molecule has 1 atom stereocenters. The topological polar surface area (TPSA) is 72.8 Å². The van der Waals surface area contributed by atoms with Crippen LogP contribution in [0.2, 0.25) is 0 Å². The first kappa shape index (κ1) is 77.8. The Morgan fingerprint density at radius 2 is 0.531 bits per heavy atom. The van der Waals surface area contributed by atoms with E-state index in [0.29, 0.717) is 12.8 Å². The molecule has 0 fully saturated rings. The Morgan fingerprint density at radius 3 is 0.802 bits per heavy atom. The minimum Gasteiger partial charge on any atom is -0.462 e. The second-order valence-electron chi connectivity index (χ2n) is 23.6. The Bertz CT molecular complexity index is 1510. The lowest BCUT2D eigenvalue weighted by molar-refractivity contribution is -0.161.